The smallest absolute Gasteiger partial charge is 0.306 e. The standard InChI is InChI=1S/C35H48N4O7S2/c1-23(2)21-39(48(42,43)27-8-9-29-32(20-27)47-35(38-29)37-26-10-14-36-15-11-26)22-30(40)25(18-24-6-4-3-5-7-24)19-33(41)46-31-13-17-45-34-28(31)12-16-44-34/h3-9,20,23,25-26,28,30-31,34,36,40H,10-19,21-22H2,1-2H3,(H,37,38)/t25-,28+,30-,31+,34-/m1/s1. The van der Waals surface area contributed by atoms with Gasteiger partial charge >= 0.3 is 5.97 Å². The minimum Gasteiger partial charge on any atom is -0.462 e. The molecule has 0 aliphatic carbocycles. The van der Waals surface area contributed by atoms with Crippen LogP contribution in [0.15, 0.2) is 53.4 Å². The summed E-state index contributed by atoms with van der Waals surface area (Å²) in [5.41, 5.74) is 1.69. The second-order valence-corrected chi connectivity index (χ2v) is 16.6. The summed E-state index contributed by atoms with van der Waals surface area (Å²) < 4.78 is 47.8. The Balaban J connectivity index is 1.19. The minimum absolute atomic E-state index is 0.000762. The molecule has 0 unspecified atom stereocenters. The first-order chi connectivity index (χ1) is 23.2. The summed E-state index contributed by atoms with van der Waals surface area (Å²) in [6.45, 7) is 6.93. The van der Waals surface area contributed by atoms with E-state index in [9.17, 15) is 18.3 Å². The Hall–Kier alpha value is -2.65. The quantitative estimate of drug-likeness (QED) is 0.207. The van der Waals surface area contributed by atoms with Crippen molar-refractivity contribution >= 4 is 42.7 Å². The number of hydrogen-bond donors (Lipinski definition) is 3. The van der Waals surface area contributed by atoms with Crippen molar-refractivity contribution in [2.45, 2.75) is 81.8 Å². The number of benzene rings is 2. The van der Waals surface area contributed by atoms with Gasteiger partial charge in [-0.15, -0.1) is 0 Å². The van der Waals surface area contributed by atoms with Crippen molar-refractivity contribution in [3.8, 4) is 0 Å². The number of rotatable bonds is 14. The van der Waals surface area contributed by atoms with Gasteiger partial charge in [0.1, 0.15) is 6.10 Å². The molecule has 3 N–H and O–H groups in total. The van der Waals surface area contributed by atoms with E-state index in [0.717, 1.165) is 53.3 Å². The zero-order chi connectivity index (χ0) is 33.7. The first kappa shape index (κ1) is 35.2. The number of aliphatic hydroxyl groups is 1. The summed E-state index contributed by atoms with van der Waals surface area (Å²) in [6.07, 6.45) is 1.98. The number of carbonyl (C=O) groups excluding carboxylic acids is 1. The molecular weight excluding hydrogens is 653 g/mol. The fourth-order valence-corrected chi connectivity index (χ4v) is 9.62. The lowest BCUT2D eigenvalue weighted by atomic mass is 9.90. The third kappa shape index (κ3) is 8.73. The third-order valence-corrected chi connectivity index (χ3v) is 12.2. The minimum atomic E-state index is -3.99. The van der Waals surface area contributed by atoms with E-state index in [1.165, 1.54) is 15.6 Å². The van der Waals surface area contributed by atoms with Crippen LogP contribution in [0, 0.1) is 17.8 Å². The molecule has 0 bridgehead atoms. The van der Waals surface area contributed by atoms with Crippen molar-refractivity contribution in [2.75, 3.05) is 44.7 Å². The molecule has 4 heterocycles. The molecular formula is C35H48N4O7S2. The van der Waals surface area contributed by atoms with Crippen LogP contribution in [0.4, 0.5) is 5.13 Å². The maximum atomic E-state index is 14.2. The van der Waals surface area contributed by atoms with Gasteiger partial charge in [-0.1, -0.05) is 55.5 Å². The zero-order valence-electron chi connectivity index (χ0n) is 27.8. The van der Waals surface area contributed by atoms with Crippen LogP contribution >= 0.6 is 11.3 Å². The van der Waals surface area contributed by atoms with Crippen molar-refractivity contribution in [2.24, 2.45) is 17.8 Å². The van der Waals surface area contributed by atoms with E-state index in [0.29, 0.717) is 32.1 Å². The molecule has 3 aliphatic heterocycles. The SMILES string of the molecule is CC(C)CN(C[C@@H](O)[C@@H](CC(=O)O[C@H]1CCO[C@H]2OCC[C@H]21)Cc1ccccc1)S(=O)(=O)c1ccc2nc(NC3CCNCC3)sc2c1. The normalized spacial score (nSPS) is 23.3. The number of anilines is 1. The molecule has 0 amide bonds. The molecule has 3 saturated heterocycles. The number of aromatic nitrogens is 1. The number of piperidine rings is 1. The molecule has 48 heavy (non-hydrogen) atoms. The first-order valence-electron chi connectivity index (χ1n) is 17.2. The molecule has 3 aliphatic rings. The number of fused-ring (bicyclic) bond motifs is 2. The van der Waals surface area contributed by atoms with Crippen LogP contribution in [0.5, 0.6) is 0 Å². The summed E-state index contributed by atoms with van der Waals surface area (Å²) >= 11 is 1.45. The second-order valence-electron chi connectivity index (χ2n) is 13.6. The van der Waals surface area contributed by atoms with Crippen LogP contribution in [0.1, 0.15) is 51.5 Å². The molecule has 11 nitrogen and oxygen atoms in total. The van der Waals surface area contributed by atoms with Crippen LogP contribution in [0.2, 0.25) is 0 Å². The summed E-state index contributed by atoms with van der Waals surface area (Å²) in [6, 6.07) is 15.0. The summed E-state index contributed by atoms with van der Waals surface area (Å²) in [4.78, 5) is 18.2. The van der Waals surface area contributed by atoms with Gasteiger partial charge < -0.3 is 30.0 Å². The maximum Gasteiger partial charge on any atom is 0.306 e. The van der Waals surface area contributed by atoms with E-state index in [1.807, 2.05) is 44.2 Å². The van der Waals surface area contributed by atoms with Gasteiger partial charge in [-0.25, -0.2) is 13.4 Å². The van der Waals surface area contributed by atoms with Crippen LogP contribution in [0.3, 0.4) is 0 Å². The van der Waals surface area contributed by atoms with Crippen molar-refractivity contribution in [1.29, 1.82) is 0 Å². The first-order valence-corrected chi connectivity index (χ1v) is 19.4. The number of nitrogens with zero attached hydrogens (tertiary/aromatic N) is 2. The fourth-order valence-electron chi connectivity index (χ4n) is 6.92. The highest BCUT2D eigenvalue weighted by Gasteiger charge is 2.41. The lowest BCUT2D eigenvalue weighted by Crippen LogP contribution is -2.43. The second kappa shape index (κ2) is 15.9. The van der Waals surface area contributed by atoms with Crippen LogP contribution < -0.4 is 10.6 Å². The van der Waals surface area contributed by atoms with Crippen molar-refractivity contribution in [1.82, 2.24) is 14.6 Å². The van der Waals surface area contributed by atoms with Crippen LogP contribution in [-0.4, -0.2) is 92.7 Å². The highest BCUT2D eigenvalue weighted by molar-refractivity contribution is 7.89. The highest BCUT2D eigenvalue weighted by atomic mass is 32.2. The number of ether oxygens (including phenoxy) is 3. The van der Waals surface area contributed by atoms with Gasteiger partial charge in [0.25, 0.3) is 0 Å². The van der Waals surface area contributed by atoms with Crippen molar-refractivity contribution in [3.05, 3.63) is 54.1 Å². The Morgan fingerprint density at radius 2 is 1.83 bits per heavy atom. The molecule has 1 aromatic heterocycles. The van der Waals surface area contributed by atoms with Gasteiger partial charge in [0.05, 0.1) is 40.9 Å². The summed E-state index contributed by atoms with van der Waals surface area (Å²) in [5.74, 6) is -0.963. The number of hydrogen-bond acceptors (Lipinski definition) is 11. The molecule has 0 spiro atoms. The molecule has 5 atom stereocenters. The maximum absolute atomic E-state index is 14.2. The predicted octanol–water partition coefficient (Wildman–Crippen LogP) is 4.41. The van der Waals surface area contributed by atoms with Gasteiger partial charge in [0.2, 0.25) is 10.0 Å². The highest BCUT2D eigenvalue weighted by Crippen LogP contribution is 2.34. The Morgan fingerprint density at radius 3 is 2.58 bits per heavy atom. The van der Waals surface area contributed by atoms with Gasteiger partial charge in [-0.3, -0.25) is 4.79 Å². The monoisotopic (exact) mass is 700 g/mol. The van der Waals surface area contributed by atoms with E-state index in [-0.39, 0.29) is 48.6 Å². The Morgan fingerprint density at radius 1 is 1.08 bits per heavy atom. The van der Waals surface area contributed by atoms with Crippen LogP contribution in [-0.2, 0) is 35.4 Å². The molecule has 0 radical (unpaired) electrons. The average molecular weight is 701 g/mol. The Labute approximate surface area is 287 Å². The van der Waals surface area contributed by atoms with E-state index in [2.05, 4.69) is 10.6 Å². The molecule has 2 aromatic carbocycles. The molecule has 3 aromatic rings. The van der Waals surface area contributed by atoms with Crippen molar-refractivity contribution in [3.63, 3.8) is 0 Å². The van der Waals surface area contributed by atoms with Gasteiger partial charge in [0, 0.05) is 37.4 Å². The topological polar surface area (TPSA) is 139 Å². The molecule has 6 rings (SSSR count). The fraction of sp³-hybridized carbons (Fsp3) is 0.600. The Kier molecular flexibility index (Phi) is 11.7. The molecule has 0 saturated carbocycles. The third-order valence-electron chi connectivity index (χ3n) is 9.47. The molecule has 3 fully saturated rings. The average Bonchev–Trinajstić information content (AvgIpc) is 3.72. The van der Waals surface area contributed by atoms with Crippen LogP contribution in [0.25, 0.3) is 10.2 Å². The number of aliphatic hydroxyl groups excluding tert-OH is 1. The van der Waals surface area contributed by atoms with Gasteiger partial charge in [0.15, 0.2) is 11.4 Å². The predicted molar refractivity (Wildman–Crippen MR) is 185 cm³/mol. The zero-order valence-corrected chi connectivity index (χ0v) is 29.4. The number of sulfonamides is 1. The number of esters is 1. The summed E-state index contributed by atoms with van der Waals surface area (Å²) in [7, 11) is -3.99. The molecule has 13 heteroatoms. The lowest BCUT2D eigenvalue weighted by molar-refractivity contribution is -0.195. The number of thiazole rings is 1. The van der Waals surface area contributed by atoms with Crippen molar-refractivity contribution < 1.29 is 32.5 Å². The van der Waals surface area contributed by atoms with E-state index in [4.69, 9.17) is 19.2 Å². The number of carbonyl (C=O) groups is 1. The Bertz CT molecular complexity index is 1610. The number of nitrogens with one attached hydrogen (secondary N) is 2. The lowest BCUT2D eigenvalue weighted by Gasteiger charge is -2.33. The molecule has 262 valence electrons. The largest absolute Gasteiger partial charge is 0.462 e. The van der Waals surface area contributed by atoms with Gasteiger partial charge in [-0.05, 0) is 68.5 Å². The van der Waals surface area contributed by atoms with E-state index in [1.54, 1.807) is 18.2 Å². The van der Waals surface area contributed by atoms with E-state index < -0.39 is 28.0 Å². The van der Waals surface area contributed by atoms with Gasteiger partial charge in [-0.2, -0.15) is 4.31 Å². The summed E-state index contributed by atoms with van der Waals surface area (Å²) in [5, 5.41) is 19.4. The van der Waals surface area contributed by atoms with E-state index >= 15 is 0 Å².